The Morgan fingerprint density at radius 2 is 2.10 bits per heavy atom. The van der Waals surface area contributed by atoms with E-state index in [-0.39, 0.29) is 23.1 Å². The maximum absolute atomic E-state index is 13.1. The van der Waals surface area contributed by atoms with E-state index < -0.39 is 15.1 Å². The molecule has 2 heterocycles. The van der Waals surface area contributed by atoms with Crippen LogP contribution in [0.4, 0.5) is 0 Å². The second-order valence-electron chi connectivity index (χ2n) is 6.69. The molecule has 0 aromatic rings. The minimum atomic E-state index is -3.03. The van der Waals surface area contributed by atoms with Gasteiger partial charge in [-0.3, -0.25) is 4.79 Å². The summed E-state index contributed by atoms with van der Waals surface area (Å²) >= 11 is 0. The third-order valence-corrected chi connectivity index (χ3v) is 8.11. The average molecular weight is 300 g/mol. The van der Waals surface area contributed by atoms with E-state index in [0.29, 0.717) is 12.5 Å². The fraction of sp³-hybridized carbons (Fsp3) is 0.929. The molecule has 2 aliphatic heterocycles. The standard InChI is InChI=1S/C14H24N2O3S/c1-10-11(2)20(18,19)7-6-16(10)13(17)14-5-3-4-12(14)8-15-9-14/h10-12,15H,3-9H2,1-2H3/t10-,11-,12-,14-/m1/s1. The van der Waals surface area contributed by atoms with Crippen LogP contribution in [0.15, 0.2) is 0 Å². The van der Waals surface area contributed by atoms with Crippen molar-refractivity contribution in [1.82, 2.24) is 10.2 Å². The Morgan fingerprint density at radius 1 is 1.35 bits per heavy atom. The monoisotopic (exact) mass is 300 g/mol. The van der Waals surface area contributed by atoms with E-state index in [2.05, 4.69) is 5.32 Å². The molecule has 1 aliphatic carbocycles. The Balaban J connectivity index is 1.85. The maximum atomic E-state index is 13.1. The van der Waals surface area contributed by atoms with Crippen LogP contribution >= 0.6 is 0 Å². The molecule has 20 heavy (non-hydrogen) atoms. The van der Waals surface area contributed by atoms with Gasteiger partial charge in [0.25, 0.3) is 0 Å². The first kappa shape index (κ1) is 14.3. The van der Waals surface area contributed by atoms with Gasteiger partial charge in [0.2, 0.25) is 5.91 Å². The van der Waals surface area contributed by atoms with Crippen LogP contribution in [0.25, 0.3) is 0 Å². The normalized spacial score (nSPS) is 43.5. The molecule has 0 aromatic heterocycles. The number of rotatable bonds is 1. The van der Waals surface area contributed by atoms with Crippen LogP contribution in [0.3, 0.4) is 0 Å². The zero-order valence-electron chi connectivity index (χ0n) is 12.3. The molecule has 0 bridgehead atoms. The van der Waals surface area contributed by atoms with Gasteiger partial charge in [0, 0.05) is 19.1 Å². The van der Waals surface area contributed by atoms with Gasteiger partial charge in [0.15, 0.2) is 9.84 Å². The van der Waals surface area contributed by atoms with Gasteiger partial charge in [-0.2, -0.15) is 0 Å². The van der Waals surface area contributed by atoms with E-state index in [9.17, 15) is 13.2 Å². The first-order valence-corrected chi connectivity index (χ1v) is 9.33. The molecule has 1 saturated carbocycles. The van der Waals surface area contributed by atoms with E-state index in [0.717, 1.165) is 32.4 Å². The third kappa shape index (κ3) is 1.91. The van der Waals surface area contributed by atoms with Crippen LogP contribution in [-0.2, 0) is 14.6 Å². The third-order valence-electron chi connectivity index (χ3n) is 5.83. The van der Waals surface area contributed by atoms with E-state index >= 15 is 0 Å². The van der Waals surface area contributed by atoms with Crippen LogP contribution in [0.1, 0.15) is 33.1 Å². The summed E-state index contributed by atoms with van der Waals surface area (Å²) in [5.74, 6) is 0.744. The number of fused-ring (bicyclic) bond motifs is 1. The molecule has 114 valence electrons. The van der Waals surface area contributed by atoms with Crippen molar-refractivity contribution in [3.05, 3.63) is 0 Å². The summed E-state index contributed by atoms with van der Waals surface area (Å²) in [7, 11) is -3.03. The molecular formula is C14H24N2O3S. The number of carbonyl (C=O) groups excluding carboxylic acids is 1. The summed E-state index contributed by atoms with van der Waals surface area (Å²) in [5.41, 5.74) is -0.255. The summed E-state index contributed by atoms with van der Waals surface area (Å²) in [6, 6.07) is -0.211. The minimum Gasteiger partial charge on any atom is -0.337 e. The van der Waals surface area contributed by atoms with Crippen LogP contribution in [-0.4, -0.2) is 55.9 Å². The highest BCUT2D eigenvalue weighted by atomic mass is 32.2. The number of sulfone groups is 1. The molecule has 2 saturated heterocycles. The van der Waals surface area contributed by atoms with Gasteiger partial charge in [0.05, 0.1) is 16.4 Å². The molecule has 3 rings (SSSR count). The number of nitrogens with zero attached hydrogens (tertiary/aromatic N) is 1. The minimum absolute atomic E-state index is 0.110. The lowest BCUT2D eigenvalue weighted by molar-refractivity contribution is -0.144. The molecule has 0 spiro atoms. The Morgan fingerprint density at radius 3 is 2.85 bits per heavy atom. The largest absolute Gasteiger partial charge is 0.337 e. The van der Waals surface area contributed by atoms with Crippen LogP contribution < -0.4 is 5.32 Å². The topological polar surface area (TPSA) is 66.5 Å². The van der Waals surface area contributed by atoms with Gasteiger partial charge in [-0.25, -0.2) is 8.42 Å². The van der Waals surface area contributed by atoms with Crippen molar-refractivity contribution in [2.24, 2.45) is 11.3 Å². The number of carbonyl (C=O) groups is 1. The molecular weight excluding hydrogens is 276 g/mol. The Labute approximate surface area is 121 Å². The van der Waals surface area contributed by atoms with Crippen molar-refractivity contribution in [2.75, 3.05) is 25.4 Å². The van der Waals surface area contributed by atoms with Gasteiger partial charge in [-0.1, -0.05) is 6.42 Å². The smallest absolute Gasteiger partial charge is 0.230 e. The van der Waals surface area contributed by atoms with Gasteiger partial charge >= 0.3 is 0 Å². The lowest BCUT2D eigenvalue weighted by Crippen LogP contribution is -2.58. The van der Waals surface area contributed by atoms with Gasteiger partial charge in [0.1, 0.15) is 0 Å². The molecule has 0 unspecified atom stereocenters. The first-order valence-electron chi connectivity index (χ1n) is 7.62. The highest BCUT2D eigenvalue weighted by Crippen LogP contribution is 2.47. The molecule has 1 N–H and O–H groups in total. The fourth-order valence-electron chi connectivity index (χ4n) is 4.24. The van der Waals surface area contributed by atoms with Crippen molar-refractivity contribution in [2.45, 2.75) is 44.4 Å². The van der Waals surface area contributed by atoms with Gasteiger partial charge in [-0.05, 0) is 39.2 Å². The molecule has 1 amide bonds. The second-order valence-corrected chi connectivity index (χ2v) is 9.16. The fourth-order valence-corrected chi connectivity index (χ4v) is 5.81. The Kier molecular flexibility index (Phi) is 3.36. The van der Waals surface area contributed by atoms with Crippen molar-refractivity contribution in [3.8, 4) is 0 Å². The quantitative estimate of drug-likeness (QED) is 0.762. The number of hydrogen-bond acceptors (Lipinski definition) is 4. The number of nitrogens with one attached hydrogen (secondary N) is 1. The van der Waals surface area contributed by atoms with Crippen molar-refractivity contribution in [3.63, 3.8) is 0 Å². The predicted octanol–water partition coefficient (Wildman–Crippen LogP) is 0.410. The van der Waals surface area contributed by atoms with E-state index in [1.807, 2.05) is 11.8 Å². The predicted molar refractivity (Wildman–Crippen MR) is 77.1 cm³/mol. The molecule has 5 nitrogen and oxygen atoms in total. The number of hydrogen-bond donors (Lipinski definition) is 1. The summed E-state index contributed by atoms with van der Waals surface area (Å²) in [6.45, 7) is 5.67. The van der Waals surface area contributed by atoms with Crippen molar-refractivity contribution < 1.29 is 13.2 Å². The first-order chi connectivity index (χ1) is 9.38. The molecule has 3 aliphatic rings. The van der Waals surface area contributed by atoms with E-state index in [1.165, 1.54) is 0 Å². The summed E-state index contributed by atoms with van der Waals surface area (Å²) in [6.07, 6.45) is 3.19. The lowest BCUT2D eigenvalue weighted by Gasteiger charge is -2.42. The Bertz CT molecular complexity index is 507. The van der Waals surface area contributed by atoms with Gasteiger partial charge in [-0.15, -0.1) is 0 Å². The van der Waals surface area contributed by atoms with Gasteiger partial charge < -0.3 is 10.2 Å². The molecule has 4 atom stereocenters. The van der Waals surface area contributed by atoms with Crippen LogP contribution in [0.5, 0.6) is 0 Å². The molecule has 6 heteroatoms. The highest BCUT2D eigenvalue weighted by molar-refractivity contribution is 7.92. The van der Waals surface area contributed by atoms with Crippen molar-refractivity contribution in [1.29, 1.82) is 0 Å². The SMILES string of the molecule is C[C@@H]1[C@@H](C)S(=O)(=O)CCN1C(=O)[C@@]12CCC[C@@H]1CNC2. The van der Waals surface area contributed by atoms with E-state index in [4.69, 9.17) is 0 Å². The summed E-state index contributed by atoms with van der Waals surface area (Å²) < 4.78 is 23.9. The maximum Gasteiger partial charge on any atom is 0.230 e. The lowest BCUT2D eigenvalue weighted by atomic mass is 9.79. The second kappa shape index (κ2) is 4.70. The average Bonchev–Trinajstić information content (AvgIpc) is 2.95. The Hall–Kier alpha value is -0.620. The zero-order valence-corrected chi connectivity index (χ0v) is 13.1. The van der Waals surface area contributed by atoms with Crippen LogP contribution in [0, 0.1) is 11.3 Å². The van der Waals surface area contributed by atoms with Crippen LogP contribution in [0.2, 0.25) is 0 Å². The molecule has 3 fully saturated rings. The van der Waals surface area contributed by atoms with Crippen molar-refractivity contribution >= 4 is 15.7 Å². The zero-order chi connectivity index (χ0) is 14.5. The molecule has 0 aromatic carbocycles. The molecule has 0 radical (unpaired) electrons. The number of amides is 1. The highest BCUT2D eigenvalue weighted by Gasteiger charge is 2.54. The summed E-state index contributed by atoms with van der Waals surface area (Å²) in [5, 5.41) is 2.91. The van der Waals surface area contributed by atoms with E-state index in [1.54, 1.807) is 6.92 Å². The summed E-state index contributed by atoms with van der Waals surface area (Å²) in [4.78, 5) is 14.9.